The van der Waals surface area contributed by atoms with Crippen LogP contribution in [0.5, 0.6) is 0 Å². The van der Waals surface area contributed by atoms with Gasteiger partial charge in [-0.05, 0) is 42.7 Å². The summed E-state index contributed by atoms with van der Waals surface area (Å²) in [5.74, 6) is 1.17. The van der Waals surface area contributed by atoms with Gasteiger partial charge in [0.05, 0.1) is 5.60 Å². The van der Waals surface area contributed by atoms with Gasteiger partial charge in [0.25, 0.3) is 0 Å². The second kappa shape index (κ2) is 4.65. The van der Waals surface area contributed by atoms with E-state index in [4.69, 9.17) is 5.73 Å². The molecule has 2 rings (SSSR count). The molecular formula is C14H22N2O. The first-order valence-electron chi connectivity index (χ1n) is 6.39. The molecule has 0 aromatic carbocycles. The fraction of sp³-hybridized carbons (Fsp3) is 0.643. The molecule has 3 N–H and O–H groups in total. The Bertz CT molecular complexity index is 382. The van der Waals surface area contributed by atoms with Gasteiger partial charge in [-0.3, -0.25) is 4.98 Å². The van der Waals surface area contributed by atoms with Crippen molar-refractivity contribution in [1.29, 1.82) is 0 Å². The molecule has 2 atom stereocenters. The lowest BCUT2D eigenvalue weighted by Crippen LogP contribution is -2.40. The van der Waals surface area contributed by atoms with Crippen molar-refractivity contribution in [2.24, 2.45) is 11.8 Å². The molecule has 94 valence electrons. The number of aliphatic hydroxyl groups is 1. The Labute approximate surface area is 103 Å². The lowest BCUT2D eigenvalue weighted by Gasteiger charge is -2.39. The summed E-state index contributed by atoms with van der Waals surface area (Å²) in [5, 5.41) is 10.7. The standard InChI is InChI=1S/C14H22N2O/c1-10-5-11(2)7-14(17,6-10)8-12-9-16-4-3-13(12)15/h3-4,9-11,17H,5-8H2,1-2H3,(H2,15,16). The predicted molar refractivity (Wildman–Crippen MR) is 69.5 cm³/mol. The van der Waals surface area contributed by atoms with Crippen molar-refractivity contribution in [3.63, 3.8) is 0 Å². The Morgan fingerprint density at radius 1 is 1.41 bits per heavy atom. The van der Waals surface area contributed by atoms with Gasteiger partial charge < -0.3 is 10.8 Å². The van der Waals surface area contributed by atoms with Crippen LogP contribution in [0.2, 0.25) is 0 Å². The van der Waals surface area contributed by atoms with Crippen LogP contribution in [0.25, 0.3) is 0 Å². The Morgan fingerprint density at radius 2 is 2.06 bits per heavy atom. The summed E-state index contributed by atoms with van der Waals surface area (Å²) >= 11 is 0. The Morgan fingerprint density at radius 3 is 2.65 bits per heavy atom. The quantitative estimate of drug-likeness (QED) is 0.826. The van der Waals surface area contributed by atoms with Crippen LogP contribution in [0.3, 0.4) is 0 Å². The van der Waals surface area contributed by atoms with E-state index in [9.17, 15) is 5.11 Å². The second-order valence-corrected chi connectivity index (χ2v) is 5.83. The fourth-order valence-electron chi connectivity index (χ4n) is 3.32. The maximum atomic E-state index is 10.7. The van der Waals surface area contributed by atoms with Crippen LogP contribution in [0.4, 0.5) is 5.69 Å². The molecule has 17 heavy (non-hydrogen) atoms. The summed E-state index contributed by atoms with van der Waals surface area (Å²) in [5.41, 5.74) is 7.02. The SMILES string of the molecule is CC1CC(C)CC(O)(Cc2cnccc2N)C1. The van der Waals surface area contributed by atoms with E-state index in [-0.39, 0.29) is 0 Å². The smallest absolute Gasteiger partial charge is 0.0694 e. The maximum Gasteiger partial charge on any atom is 0.0694 e. The highest BCUT2D eigenvalue weighted by atomic mass is 16.3. The van der Waals surface area contributed by atoms with Gasteiger partial charge in [0.15, 0.2) is 0 Å². The van der Waals surface area contributed by atoms with Crippen molar-refractivity contribution in [2.75, 3.05) is 5.73 Å². The summed E-state index contributed by atoms with van der Waals surface area (Å²) in [6.45, 7) is 4.43. The van der Waals surface area contributed by atoms with Gasteiger partial charge in [-0.15, -0.1) is 0 Å². The molecule has 0 aliphatic heterocycles. The van der Waals surface area contributed by atoms with E-state index in [0.717, 1.165) is 24.1 Å². The van der Waals surface area contributed by atoms with Crippen LogP contribution in [-0.2, 0) is 6.42 Å². The third kappa shape index (κ3) is 2.97. The summed E-state index contributed by atoms with van der Waals surface area (Å²) in [7, 11) is 0. The first-order chi connectivity index (χ1) is 7.98. The summed E-state index contributed by atoms with van der Waals surface area (Å²) in [6.07, 6.45) is 7.04. The van der Waals surface area contributed by atoms with E-state index < -0.39 is 5.60 Å². The minimum absolute atomic E-state index is 0.585. The molecule has 2 unspecified atom stereocenters. The molecule has 0 spiro atoms. The molecule has 1 aliphatic carbocycles. The number of nitrogens with two attached hydrogens (primary N) is 1. The third-order valence-corrected chi connectivity index (χ3v) is 3.72. The van der Waals surface area contributed by atoms with Crippen molar-refractivity contribution < 1.29 is 5.11 Å². The van der Waals surface area contributed by atoms with Gasteiger partial charge in [0.2, 0.25) is 0 Å². The highest BCUT2D eigenvalue weighted by molar-refractivity contribution is 5.45. The molecule has 1 saturated carbocycles. The minimum atomic E-state index is -0.603. The van der Waals surface area contributed by atoms with E-state index in [2.05, 4.69) is 18.8 Å². The molecule has 1 aromatic heterocycles. The monoisotopic (exact) mass is 234 g/mol. The minimum Gasteiger partial charge on any atom is -0.398 e. The van der Waals surface area contributed by atoms with Crippen LogP contribution in [0.15, 0.2) is 18.5 Å². The van der Waals surface area contributed by atoms with Crippen LogP contribution in [-0.4, -0.2) is 15.7 Å². The molecule has 0 saturated heterocycles. The molecule has 1 aromatic rings. The topological polar surface area (TPSA) is 59.1 Å². The third-order valence-electron chi connectivity index (χ3n) is 3.72. The van der Waals surface area contributed by atoms with Crippen LogP contribution >= 0.6 is 0 Å². The Hall–Kier alpha value is -1.09. The number of aromatic nitrogens is 1. The zero-order valence-electron chi connectivity index (χ0n) is 10.7. The summed E-state index contributed by atoms with van der Waals surface area (Å²) in [4.78, 5) is 4.09. The number of hydrogen-bond acceptors (Lipinski definition) is 3. The molecule has 0 bridgehead atoms. The fourth-order valence-corrected chi connectivity index (χ4v) is 3.32. The van der Waals surface area contributed by atoms with E-state index in [1.54, 1.807) is 18.5 Å². The highest BCUT2D eigenvalue weighted by Crippen LogP contribution is 2.38. The number of nitrogen functional groups attached to an aromatic ring is 1. The molecular weight excluding hydrogens is 212 g/mol. The molecule has 1 heterocycles. The molecule has 3 nitrogen and oxygen atoms in total. The Balaban J connectivity index is 2.14. The van der Waals surface area contributed by atoms with Crippen LogP contribution < -0.4 is 5.73 Å². The number of pyridine rings is 1. The predicted octanol–water partition coefficient (Wildman–Crippen LogP) is 2.39. The lowest BCUT2D eigenvalue weighted by atomic mass is 9.71. The van der Waals surface area contributed by atoms with Crippen molar-refractivity contribution in [1.82, 2.24) is 4.98 Å². The van der Waals surface area contributed by atoms with Crippen LogP contribution in [0.1, 0.15) is 38.7 Å². The van der Waals surface area contributed by atoms with Gasteiger partial charge in [-0.1, -0.05) is 13.8 Å². The molecule has 1 aliphatic rings. The average Bonchev–Trinajstić information content (AvgIpc) is 2.19. The van der Waals surface area contributed by atoms with Gasteiger partial charge in [0.1, 0.15) is 0 Å². The van der Waals surface area contributed by atoms with E-state index >= 15 is 0 Å². The number of rotatable bonds is 2. The van der Waals surface area contributed by atoms with E-state index in [0.29, 0.717) is 18.3 Å². The maximum absolute atomic E-state index is 10.7. The summed E-state index contributed by atoms with van der Waals surface area (Å²) < 4.78 is 0. The zero-order chi connectivity index (χ0) is 12.5. The van der Waals surface area contributed by atoms with Crippen molar-refractivity contribution in [2.45, 2.75) is 45.1 Å². The van der Waals surface area contributed by atoms with E-state index in [1.165, 1.54) is 6.42 Å². The molecule has 0 amide bonds. The van der Waals surface area contributed by atoms with Gasteiger partial charge >= 0.3 is 0 Å². The first kappa shape index (κ1) is 12.4. The molecule has 3 heteroatoms. The van der Waals surface area contributed by atoms with Crippen molar-refractivity contribution >= 4 is 5.69 Å². The van der Waals surface area contributed by atoms with Gasteiger partial charge in [-0.25, -0.2) is 0 Å². The largest absolute Gasteiger partial charge is 0.398 e. The van der Waals surface area contributed by atoms with Crippen molar-refractivity contribution in [3.8, 4) is 0 Å². The first-order valence-corrected chi connectivity index (χ1v) is 6.39. The average molecular weight is 234 g/mol. The number of anilines is 1. The molecule has 0 radical (unpaired) electrons. The zero-order valence-corrected chi connectivity index (χ0v) is 10.7. The van der Waals surface area contributed by atoms with Crippen molar-refractivity contribution in [3.05, 3.63) is 24.0 Å². The van der Waals surface area contributed by atoms with Gasteiger partial charge in [0, 0.05) is 24.5 Å². The summed E-state index contributed by atoms with van der Waals surface area (Å²) in [6, 6.07) is 1.80. The molecule has 1 fully saturated rings. The number of nitrogens with zero attached hydrogens (tertiary/aromatic N) is 1. The van der Waals surface area contributed by atoms with Crippen LogP contribution in [0, 0.1) is 11.8 Å². The lowest BCUT2D eigenvalue weighted by molar-refractivity contribution is -0.0304. The highest BCUT2D eigenvalue weighted by Gasteiger charge is 2.36. The normalized spacial score (nSPS) is 33.6. The Kier molecular flexibility index (Phi) is 3.38. The van der Waals surface area contributed by atoms with Gasteiger partial charge in [-0.2, -0.15) is 0 Å². The van der Waals surface area contributed by atoms with E-state index in [1.807, 2.05) is 0 Å². The second-order valence-electron chi connectivity index (χ2n) is 5.83. The number of hydrogen-bond donors (Lipinski definition) is 2.